The third-order valence-electron chi connectivity index (χ3n) is 2.87. The molecule has 0 aromatic heterocycles. The van der Waals surface area contributed by atoms with E-state index in [-0.39, 0.29) is 5.69 Å². The van der Waals surface area contributed by atoms with Crippen LogP contribution in [0, 0.1) is 10.1 Å². The van der Waals surface area contributed by atoms with Crippen LogP contribution >= 0.6 is 0 Å². The van der Waals surface area contributed by atoms with Gasteiger partial charge < -0.3 is 5.32 Å². The van der Waals surface area contributed by atoms with Crippen LogP contribution in [0.25, 0.3) is 0 Å². The average molecular weight is 290 g/mol. The molecule has 112 valence electrons. The van der Waals surface area contributed by atoms with Gasteiger partial charge in [-0.3, -0.25) is 10.1 Å². The normalized spacial score (nSPS) is 12.3. The van der Waals surface area contributed by atoms with Crippen LogP contribution in [0.3, 0.4) is 0 Å². The summed E-state index contributed by atoms with van der Waals surface area (Å²) in [6.45, 7) is 5.51. The van der Waals surface area contributed by atoms with Gasteiger partial charge in [0, 0.05) is 23.4 Å². The molecule has 4 nitrogen and oxygen atoms in total. The molecular weight excluding hydrogens is 273 g/mol. The Morgan fingerprint density at radius 2 is 1.90 bits per heavy atom. The van der Waals surface area contributed by atoms with Crippen molar-refractivity contribution in [1.82, 2.24) is 0 Å². The Morgan fingerprint density at radius 1 is 1.30 bits per heavy atom. The first-order valence-electron chi connectivity index (χ1n) is 6.20. The van der Waals surface area contributed by atoms with Crippen LogP contribution in [0.15, 0.2) is 18.2 Å². The summed E-state index contributed by atoms with van der Waals surface area (Å²) in [5, 5.41) is 13.4. The van der Waals surface area contributed by atoms with E-state index in [0.29, 0.717) is 12.5 Å². The Labute approximate surface area is 115 Å². The van der Waals surface area contributed by atoms with E-state index in [9.17, 15) is 23.3 Å². The highest BCUT2D eigenvalue weighted by Gasteiger charge is 2.36. The van der Waals surface area contributed by atoms with Crippen molar-refractivity contribution in [1.29, 1.82) is 0 Å². The number of anilines is 1. The summed E-state index contributed by atoms with van der Waals surface area (Å²) in [5.74, 6) is 0. The smallest absolute Gasteiger partial charge is 0.380 e. The predicted molar refractivity (Wildman–Crippen MR) is 70.7 cm³/mol. The minimum absolute atomic E-state index is 0.137. The molecule has 0 radical (unpaired) electrons. The zero-order valence-corrected chi connectivity index (χ0v) is 11.5. The van der Waals surface area contributed by atoms with E-state index < -0.39 is 27.9 Å². The Hall–Kier alpha value is -1.79. The molecule has 0 amide bonds. The van der Waals surface area contributed by atoms with E-state index in [1.54, 1.807) is 13.8 Å². The largest absolute Gasteiger partial charge is 0.418 e. The third-order valence-corrected chi connectivity index (χ3v) is 2.87. The van der Waals surface area contributed by atoms with Crippen LogP contribution < -0.4 is 5.32 Å². The second-order valence-electron chi connectivity index (χ2n) is 5.24. The fraction of sp³-hybridized carbons (Fsp3) is 0.538. The number of halogens is 3. The molecule has 0 fully saturated rings. The average Bonchev–Trinajstić information content (AvgIpc) is 2.26. The molecule has 0 aliphatic rings. The Morgan fingerprint density at radius 3 is 2.35 bits per heavy atom. The van der Waals surface area contributed by atoms with Gasteiger partial charge in [0.2, 0.25) is 0 Å². The molecule has 1 aromatic carbocycles. The van der Waals surface area contributed by atoms with Gasteiger partial charge in [-0.1, -0.05) is 13.3 Å². The number of rotatable bonds is 5. The molecule has 0 spiro atoms. The first kappa shape index (κ1) is 16.3. The van der Waals surface area contributed by atoms with Crippen LogP contribution in [0.4, 0.5) is 24.5 Å². The topological polar surface area (TPSA) is 55.2 Å². The third kappa shape index (κ3) is 4.11. The quantitative estimate of drug-likeness (QED) is 0.636. The number of alkyl halides is 3. The summed E-state index contributed by atoms with van der Waals surface area (Å²) in [6.07, 6.45) is -3.15. The minimum Gasteiger partial charge on any atom is -0.380 e. The monoisotopic (exact) mass is 290 g/mol. The van der Waals surface area contributed by atoms with Gasteiger partial charge in [0.05, 0.1) is 10.5 Å². The number of hydrogen-bond acceptors (Lipinski definition) is 3. The highest BCUT2D eigenvalue weighted by molar-refractivity contribution is 5.58. The summed E-state index contributed by atoms with van der Waals surface area (Å²) >= 11 is 0. The van der Waals surface area contributed by atoms with Crippen molar-refractivity contribution in [2.45, 2.75) is 45.3 Å². The number of nitrogens with zero attached hydrogens (tertiary/aromatic N) is 1. The number of nitro benzene ring substituents is 1. The molecular formula is C13H17F3N2O2. The summed E-state index contributed by atoms with van der Waals surface area (Å²) in [5.41, 5.74) is -2.25. The van der Waals surface area contributed by atoms with Crippen molar-refractivity contribution in [2.24, 2.45) is 0 Å². The summed E-state index contributed by atoms with van der Waals surface area (Å²) in [6, 6.07) is 2.74. The molecule has 0 aliphatic heterocycles. The van der Waals surface area contributed by atoms with Crippen molar-refractivity contribution >= 4 is 11.4 Å². The molecule has 0 heterocycles. The molecule has 0 unspecified atom stereocenters. The standard InChI is InChI=1S/C13H17F3N2O2/c1-4-7-12(2,3)17-11-6-5-9(18(19)20)8-10(11)13(14,15)16/h5-6,8,17H,4,7H2,1-3H3. The van der Waals surface area contributed by atoms with E-state index in [1.807, 2.05) is 6.92 Å². The number of benzene rings is 1. The summed E-state index contributed by atoms with van der Waals surface area (Å²) in [7, 11) is 0. The van der Waals surface area contributed by atoms with Crippen LogP contribution in [0.5, 0.6) is 0 Å². The van der Waals surface area contributed by atoms with Crippen LogP contribution in [0.2, 0.25) is 0 Å². The number of hydrogen-bond donors (Lipinski definition) is 1. The van der Waals surface area contributed by atoms with Crippen LogP contribution in [0.1, 0.15) is 39.2 Å². The molecule has 1 rings (SSSR count). The lowest BCUT2D eigenvalue weighted by atomic mass is 9.97. The fourth-order valence-electron chi connectivity index (χ4n) is 2.04. The van der Waals surface area contributed by atoms with Crippen molar-refractivity contribution in [3.8, 4) is 0 Å². The molecule has 0 saturated carbocycles. The van der Waals surface area contributed by atoms with Crippen molar-refractivity contribution in [2.75, 3.05) is 5.32 Å². The van der Waals surface area contributed by atoms with E-state index >= 15 is 0 Å². The van der Waals surface area contributed by atoms with Crippen molar-refractivity contribution < 1.29 is 18.1 Å². The van der Waals surface area contributed by atoms with Gasteiger partial charge in [0.1, 0.15) is 0 Å². The molecule has 0 bridgehead atoms. The second-order valence-corrected chi connectivity index (χ2v) is 5.24. The van der Waals surface area contributed by atoms with E-state index in [0.717, 1.165) is 18.6 Å². The Bertz CT molecular complexity index is 499. The molecule has 0 aliphatic carbocycles. The predicted octanol–water partition coefficient (Wildman–Crippen LogP) is 4.60. The maximum atomic E-state index is 13.0. The van der Waals surface area contributed by atoms with Crippen LogP contribution in [-0.2, 0) is 6.18 Å². The van der Waals surface area contributed by atoms with Crippen molar-refractivity contribution in [3.63, 3.8) is 0 Å². The lowest BCUT2D eigenvalue weighted by Gasteiger charge is -2.28. The van der Waals surface area contributed by atoms with Gasteiger partial charge in [-0.15, -0.1) is 0 Å². The number of nitro groups is 1. The zero-order valence-electron chi connectivity index (χ0n) is 11.5. The van der Waals surface area contributed by atoms with Gasteiger partial charge in [0.15, 0.2) is 0 Å². The Kier molecular flexibility index (Phi) is 4.62. The second kappa shape index (κ2) is 5.68. The molecule has 1 aromatic rings. The maximum Gasteiger partial charge on any atom is 0.418 e. The Balaban J connectivity index is 3.22. The van der Waals surface area contributed by atoms with Gasteiger partial charge in [-0.25, -0.2) is 0 Å². The first-order chi connectivity index (χ1) is 9.07. The van der Waals surface area contributed by atoms with Gasteiger partial charge >= 0.3 is 6.18 Å². The minimum atomic E-state index is -4.64. The molecule has 1 N–H and O–H groups in total. The van der Waals surface area contributed by atoms with Crippen molar-refractivity contribution in [3.05, 3.63) is 33.9 Å². The van der Waals surface area contributed by atoms with E-state index in [4.69, 9.17) is 0 Å². The van der Waals surface area contributed by atoms with Gasteiger partial charge in [-0.05, 0) is 26.3 Å². The molecule has 20 heavy (non-hydrogen) atoms. The van der Waals surface area contributed by atoms with E-state index in [2.05, 4.69) is 5.32 Å². The maximum absolute atomic E-state index is 13.0. The first-order valence-corrected chi connectivity index (χ1v) is 6.20. The molecule has 0 saturated heterocycles. The lowest BCUT2D eigenvalue weighted by molar-refractivity contribution is -0.385. The van der Waals surface area contributed by atoms with E-state index in [1.165, 1.54) is 0 Å². The molecule has 7 heteroatoms. The number of non-ortho nitro benzene ring substituents is 1. The lowest BCUT2D eigenvalue weighted by Crippen LogP contribution is -2.31. The fourth-order valence-corrected chi connectivity index (χ4v) is 2.04. The summed E-state index contributed by atoms with van der Waals surface area (Å²) < 4.78 is 39.0. The number of nitrogens with one attached hydrogen (secondary N) is 1. The zero-order chi connectivity index (χ0) is 15.6. The highest BCUT2D eigenvalue weighted by Crippen LogP contribution is 2.38. The van der Waals surface area contributed by atoms with Gasteiger partial charge in [-0.2, -0.15) is 13.2 Å². The summed E-state index contributed by atoms with van der Waals surface area (Å²) in [4.78, 5) is 9.76. The SMILES string of the molecule is CCCC(C)(C)Nc1ccc([N+](=O)[O-])cc1C(F)(F)F. The highest BCUT2D eigenvalue weighted by atomic mass is 19.4. The van der Waals surface area contributed by atoms with Crippen LogP contribution in [-0.4, -0.2) is 10.5 Å². The van der Waals surface area contributed by atoms with Gasteiger partial charge in [0.25, 0.3) is 5.69 Å². The molecule has 0 atom stereocenters.